The molecule has 0 bridgehead atoms. The third kappa shape index (κ3) is 5.64. The second-order valence-electron chi connectivity index (χ2n) is 5.65. The van der Waals surface area contributed by atoms with Gasteiger partial charge in [0.25, 0.3) is 5.91 Å². The normalized spacial score (nSPS) is 10.2. The Morgan fingerprint density at radius 3 is 2.52 bits per heavy atom. The second kappa shape index (κ2) is 9.47. The van der Waals surface area contributed by atoms with Crippen molar-refractivity contribution in [2.24, 2.45) is 0 Å². The standard InChI is InChI=1S/C20H24N2O3/c1-3-25-18-12-7-5-10-16(18)20(24)21-14-8-13-19(23)22-17-11-6-4-9-15(17)2/h4-7,9-12H,3,8,13-14H2,1-2H3,(H,21,24)(H,22,23). The Labute approximate surface area is 148 Å². The largest absolute Gasteiger partial charge is 0.493 e. The van der Waals surface area contributed by atoms with Gasteiger partial charge in [-0.25, -0.2) is 0 Å². The first kappa shape index (κ1) is 18.5. The van der Waals surface area contributed by atoms with Gasteiger partial charge in [-0.05, 0) is 44.0 Å². The molecule has 2 N–H and O–H groups in total. The summed E-state index contributed by atoms with van der Waals surface area (Å²) in [6.07, 6.45) is 0.919. The van der Waals surface area contributed by atoms with Gasteiger partial charge in [0.2, 0.25) is 5.91 Å². The molecule has 0 aliphatic rings. The minimum Gasteiger partial charge on any atom is -0.493 e. The minimum atomic E-state index is -0.191. The van der Waals surface area contributed by atoms with E-state index in [9.17, 15) is 9.59 Å². The third-order valence-electron chi connectivity index (χ3n) is 3.72. The van der Waals surface area contributed by atoms with Crippen molar-refractivity contribution in [2.45, 2.75) is 26.7 Å². The SMILES string of the molecule is CCOc1ccccc1C(=O)NCCCC(=O)Nc1ccccc1C. The van der Waals surface area contributed by atoms with Gasteiger partial charge in [0.1, 0.15) is 5.75 Å². The number of para-hydroxylation sites is 2. The Bertz CT molecular complexity index is 728. The van der Waals surface area contributed by atoms with Crippen LogP contribution in [0.15, 0.2) is 48.5 Å². The van der Waals surface area contributed by atoms with Crippen LogP contribution in [0.5, 0.6) is 5.75 Å². The summed E-state index contributed by atoms with van der Waals surface area (Å²) in [5.41, 5.74) is 2.35. The van der Waals surface area contributed by atoms with Crippen molar-refractivity contribution in [3.63, 3.8) is 0 Å². The molecule has 0 saturated carbocycles. The lowest BCUT2D eigenvalue weighted by Crippen LogP contribution is -2.26. The van der Waals surface area contributed by atoms with Gasteiger partial charge in [-0.3, -0.25) is 9.59 Å². The lowest BCUT2D eigenvalue weighted by atomic mass is 10.2. The lowest BCUT2D eigenvalue weighted by molar-refractivity contribution is -0.116. The average molecular weight is 340 g/mol. The molecule has 0 atom stereocenters. The molecule has 25 heavy (non-hydrogen) atoms. The molecule has 0 aromatic heterocycles. The Morgan fingerprint density at radius 1 is 1.04 bits per heavy atom. The zero-order valence-corrected chi connectivity index (χ0v) is 14.7. The van der Waals surface area contributed by atoms with E-state index in [0.29, 0.717) is 37.3 Å². The molecule has 5 heteroatoms. The predicted octanol–water partition coefficient (Wildman–Crippen LogP) is 3.54. The molecule has 2 rings (SSSR count). The minimum absolute atomic E-state index is 0.0572. The van der Waals surface area contributed by atoms with Crippen LogP contribution in [0.4, 0.5) is 5.69 Å². The summed E-state index contributed by atoms with van der Waals surface area (Å²) in [5.74, 6) is 0.321. The van der Waals surface area contributed by atoms with Crippen LogP contribution >= 0.6 is 0 Å². The van der Waals surface area contributed by atoms with E-state index < -0.39 is 0 Å². The Kier molecular flexibility index (Phi) is 7.01. The van der Waals surface area contributed by atoms with Crippen LogP contribution in [0.3, 0.4) is 0 Å². The third-order valence-corrected chi connectivity index (χ3v) is 3.72. The summed E-state index contributed by atoms with van der Waals surface area (Å²) in [7, 11) is 0. The Hall–Kier alpha value is -2.82. The maximum absolute atomic E-state index is 12.2. The molecule has 0 spiro atoms. The highest BCUT2D eigenvalue weighted by Crippen LogP contribution is 2.17. The molecule has 0 aliphatic heterocycles. The quantitative estimate of drug-likeness (QED) is 0.722. The van der Waals surface area contributed by atoms with Crippen molar-refractivity contribution in [1.29, 1.82) is 0 Å². The van der Waals surface area contributed by atoms with E-state index in [1.165, 1.54) is 0 Å². The van der Waals surface area contributed by atoms with Gasteiger partial charge < -0.3 is 15.4 Å². The molecule has 0 fully saturated rings. The average Bonchev–Trinajstić information content (AvgIpc) is 2.61. The van der Waals surface area contributed by atoms with E-state index in [1.807, 2.05) is 44.2 Å². The highest BCUT2D eigenvalue weighted by atomic mass is 16.5. The first-order valence-electron chi connectivity index (χ1n) is 8.47. The number of carbonyl (C=O) groups is 2. The Balaban J connectivity index is 1.76. The topological polar surface area (TPSA) is 67.4 Å². The number of hydrogen-bond acceptors (Lipinski definition) is 3. The molecule has 0 unspecified atom stereocenters. The summed E-state index contributed by atoms with van der Waals surface area (Å²) in [6, 6.07) is 14.8. The number of ether oxygens (including phenoxy) is 1. The van der Waals surface area contributed by atoms with Crippen molar-refractivity contribution >= 4 is 17.5 Å². The number of carbonyl (C=O) groups excluding carboxylic acids is 2. The van der Waals surface area contributed by atoms with Crippen LogP contribution in [0.1, 0.15) is 35.7 Å². The van der Waals surface area contributed by atoms with Gasteiger partial charge in [-0.2, -0.15) is 0 Å². The number of amides is 2. The molecular formula is C20H24N2O3. The van der Waals surface area contributed by atoms with Gasteiger partial charge in [-0.1, -0.05) is 30.3 Å². The predicted molar refractivity (Wildman–Crippen MR) is 99.0 cm³/mol. The Morgan fingerprint density at radius 2 is 1.76 bits per heavy atom. The molecule has 5 nitrogen and oxygen atoms in total. The van der Waals surface area contributed by atoms with E-state index in [1.54, 1.807) is 18.2 Å². The van der Waals surface area contributed by atoms with Crippen LogP contribution < -0.4 is 15.4 Å². The van der Waals surface area contributed by atoms with Crippen LogP contribution in [0.25, 0.3) is 0 Å². The van der Waals surface area contributed by atoms with E-state index in [-0.39, 0.29) is 11.8 Å². The summed E-state index contributed by atoms with van der Waals surface area (Å²) < 4.78 is 5.46. The monoisotopic (exact) mass is 340 g/mol. The van der Waals surface area contributed by atoms with Crippen molar-refractivity contribution in [1.82, 2.24) is 5.32 Å². The summed E-state index contributed by atoms with van der Waals surface area (Å²) in [4.78, 5) is 24.2. The maximum atomic E-state index is 12.2. The smallest absolute Gasteiger partial charge is 0.255 e. The van der Waals surface area contributed by atoms with Crippen LogP contribution in [0, 0.1) is 6.92 Å². The fourth-order valence-electron chi connectivity index (χ4n) is 2.41. The van der Waals surface area contributed by atoms with E-state index >= 15 is 0 Å². The fraction of sp³-hybridized carbons (Fsp3) is 0.300. The second-order valence-corrected chi connectivity index (χ2v) is 5.65. The van der Waals surface area contributed by atoms with E-state index in [0.717, 1.165) is 11.3 Å². The van der Waals surface area contributed by atoms with Crippen LogP contribution in [0.2, 0.25) is 0 Å². The highest BCUT2D eigenvalue weighted by molar-refractivity contribution is 5.97. The van der Waals surface area contributed by atoms with Gasteiger partial charge in [0.15, 0.2) is 0 Å². The lowest BCUT2D eigenvalue weighted by Gasteiger charge is -2.11. The van der Waals surface area contributed by atoms with Gasteiger partial charge in [0.05, 0.1) is 12.2 Å². The number of rotatable bonds is 8. The molecule has 2 aromatic rings. The maximum Gasteiger partial charge on any atom is 0.255 e. The number of benzene rings is 2. The molecule has 0 radical (unpaired) electrons. The molecule has 2 amide bonds. The number of anilines is 1. The van der Waals surface area contributed by atoms with Crippen molar-refractivity contribution < 1.29 is 14.3 Å². The van der Waals surface area contributed by atoms with Gasteiger partial charge in [0, 0.05) is 18.7 Å². The molecular weight excluding hydrogens is 316 g/mol. The van der Waals surface area contributed by atoms with Crippen molar-refractivity contribution in [2.75, 3.05) is 18.5 Å². The van der Waals surface area contributed by atoms with Crippen molar-refractivity contribution in [3.05, 3.63) is 59.7 Å². The van der Waals surface area contributed by atoms with Crippen LogP contribution in [-0.2, 0) is 4.79 Å². The summed E-state index contributed by atoms with van der Waals surface area (Å²) in [6.45, 7) is 4.76. The van der Waals surface area contributed by atoms with Gasteiger partial charge in [-0.15, -0.1) is 0 Å². The molecule has 132 valence electrons. The van der Waals surface area contributed by atoms with E-state index in [2.05, 4.69) is 10.6 Å². The van der Waals surface area contributed by atoms with Crippen LogP contribution in [-0.4, -0.2) is 25.0 Å². The molecule has 0 aliphatic carbocycles. The first-order valence-corrected chi connectivity index (χ1v) is 8.47. The number of nitrogens with one attached hydrogen (secondary N) is 2. The summed E-state index contributed by atoms with van der Waals surface area (Å²) in [5, 5.41) is 5.71. The summed E-state index contributed by atoms with van der Waals surface area (Å²) >= 11 is 0. The van der Waals surface area contributed by atoms with E-state index in [4.69, 9.17) is 4.74 Å². The zero-order chi connectivity index (χ0) is 18.1. The zero-order valence-electron chi connectivity index (χ0n) is 14.7. The van der Waals surface area contributed by atoms with Crippen molar-refractivity contribution in [3.8, 4) is 5.75 Å². The number of hydrogen-bond donors (Lipinski definition) is 2. The highest BCUT2D eigenvalue weighted by Gasteiger charge is 2.11. The molecule has 0 heterocycles. The first-order chi connectivity index (χ1) is 12.1. The fourth-order valence-corrected chi connectivity index (χ4v) is 2.41. The molecule has 2 aromatic carbocycles. The van der Waals surface area contributed by atoms with Gasteiger partial charge >= 0.3 is 0 Å². The number of aryl methyl sites for hydroxylation is 1. The molecule has 0 saturated heterocycles.